The minimum absolute atomic E-state index is 0.124. The van der Waals surface area contributed by atoms with E-state index in [2.05, 4.69) is 0 Å². The molecule has 1 aliphatic heterocycles. The number of hydrogen-bond donors (Lipinski definition) is 0. The van der Waals surface area contributed by atoms with Crippen LogP contribution in [-0.4, -0.2) is 29.6 Å². The van der Waals surface area contributed by atoms with Gasteiger partial charge in [0.25, 0.3) is 0 Å². The van der Waals surface area contributed by atoms with Crippen molar-refractivity contribution in [3.63, 3.8) is 0 Å². The van der Waals surface area contributed by atoms with Gasteiger partial charge in [0.1, 0.15) is 20.8 Å². The molecule has 3 nitrogen and oxygen atoms in total. The highest BCUT2D eigenvalue weighted by Crippen LogP contribution is 2.34. The van der Waals surface area contributed by atoms with Gasteiger partial charge in [-0.2, -0.15) is 0 Å². The molecule has 0 bridgehead atoms. The summed E-state index contributed by atoms with van der Waals surface area (Å²) < 4.78 is 0. The molecule has 2 rings (SSSR count). The second kappa shape index (κ2) is 4.40. The minimum Gasteiger partial charge on any atom is -0.367 e. The van der Waals surface area contributed by atoms with Gasteiger partial charge in [0, 0.05) is 13.1 Å². The van der Waals surface area contributed by atoms with Crippen molar-refractivity contribution in [2.45, 2.75) is 12.8 Å². The average molecular weight is 281 g/mol. The van der Waals surface area contributed by atoms with Crippen molar-refractivity contribution in [3.8, 4) is 0 Å². The zero-order valence-corrected chi connectivity index (χ0v) is 10.5. The first-order valence-electron chi connectivity index (χ1n) is 4.83. The maximum Gasteiger partial charge on any atom is 0.223 e. The molecule has 1 heterocycles. The number of hydrogen-bond acceptors (Lipinski definition) is 3. The van der Waals surface area contributed by atoms with E-state index in [0.717, 1.165) is 12.8 Å². The average Bonchev–Trinajstić information content (AvgIpc) is 2.77. The molecule has 0 N–H and O–H groups in total. The summed E-state index contributed by atoms with van der Waals surface area (Å²) in [5, 5.41) is -0.654. The van der Waals surface area contributed by atoms with Gasteiger partial charge in [0.15, 0.2) is 0 Å². The number of likely N-dealkylation sites (tertiary alicyclic amines) is 1. The first-order valence-corrected chi connectivity index (χ1v) is 5.97. The van der Waals surface area contributed by atoms with Gasteiger partial charge in [0.2, 0.25) is 11.6 Å². The number of carbonyl (C=O) groups is 2. The summed E-state index contributed by atoms with van der Waals surface area (Å²) in [7, 11) is 0. The lowest BCUT2D eigenvalue weighted by atomic mass is 10.1. The fourth-order valence-electron chi connectivity index (χ4n) is 1.83. The van der Waals surface area contributed by atoms with Gasteiger partial charge < -0.3 is 4.90 Å². The Labute approximate surface area is 108 Å². The van der Waals surface area contributed by atoms with Gasteiger partial charge in [0.05, 0.1) is 0 Å². The van der Waals surface area contributed by atoms with Crippen LogP contribution in [0.3, 0.4) is 0 Å². The Bertz CT molecular complexity index is 433. The normalized spacial score (nSPS) is 22.6. The van der Waals surface area contributed by atoms with Gasteiger partial charge in [-0.15, -0.1) is 0 Å². The van der Waals surface area contributed by atoms with Gasteiger partial charge in [-0.3, -0.25) is 9.59 Å². The zero-order chi connectivity index (χ0) is 11.9. The fraction of sp³-hybridized carbons (Fsp3) is 0.400. The molecule has 0 aromatic carbocycles. The van der Waals surface area contributed by atoms with Crippen LogP contribution in [0.2, 0.25) is 0 Å². The van der Waals surface area contributed by atoms with E-state index >= 15 is 0 Å². The molecule has 1 saturated heterocycles. The van der Waals surface area contributed by atoms with Crippen molar-refractivity contribution in [2.24, 2.45) is 0 Å². The highest BCUT2D eigenvalue weighted by atomic mass is 35.5. The Morgan fingerprint density at radius 3 is 1.88 bits per heavy atom. The maximum atomic E-state index is 11.9. The molecule has 2 aliphatic rings. The van der Waals surface area contributed by atoms with Crippen LogP contribution in [-0.2, 0) is 9.59 Å². The molecule has 0 radical (unpaired) electrons. The summed E-state index contributed by atoms with van der Waals surface area (Å²) >= 11 is 17.2. The molecule has 1 aliphatic carbocycles. The Kier molecular flexibility index (Phi) is 3.29. The molecule has 0 unspecified atom stereocenters. The number of halogens is 3. The molecule has 6 heteroatoms. The molecular formula is C10H8Cl3NO2. The Morgan fingerprint density at radius 1 is 0.812 bits per heavy atom. The van der Waals surface area contributed by atoms with E-state index in [-0.39, 0.29) is 20.8 Å². The van der Waals surface area contributed by atoms with Gasteiger partial charge in [-0.05, 0) is 12.8 Å². The Morgan fingerprint density at radius 2 is 1.31 bits per heavy atom. The number of rotatable bonds is 1. The highest BCUT2D eigenvalue weighted by Gasteiger charge is 2.35. The summed E-state index contributed by atoms with van der Waals surface area (Å²) in [6, 6.07) is 0. The van der Waals surface area contributed by atoms with Crippen molar-refractivity contribution in [1.29, 1.82) is 0 Å². The van der Waals surface area contributed by atoms with Crippen LogP contribution in [0.1, 0.15) is 12.8 Å². The van der Waals surface area contributed by atoms with Crippen molar-refractivity contribution >= 4 is 46.4 Å². The molecule has 16 heavy (non-hydrogen) atoms. The van der Waals surface area contributed by atoms with Crippen molar-refractivity contribution in [1.82, 2.24) is 4.90 Å². The van der Waals surface area contributed by atoms with E-state index in [4.69, 9.17) is 34.8 Å². The van der Waals surface area contributed by atoms with Gasteiger partial charge in [-0.1, -0.05) is 34.8 Å². The van der Waals surface area contributed by atoms with Crippen LogP contribution in [0.25, 0.3) is 0 Å². The largest absolute Gasteiger partial charge is 0.367 e. The predicted molar refractivity (Wildman–Crippen MR) is 62.4 cm³/mol. The highest BCUT2D eigenvalue weighted by molar-refractivity contribution is 6.64. The van der Waals surface area contributed by atoms with E-state index in [9.17, 15) is 9.59 Å². The smallest absolute Gasteiger partial charge is 0.223 e. The third-order valence-electron chi connectivity index (χ3n) is 2.64. The van der Waals surface area contributed by atoms with Crippen LogP contribution < -0.4 is 0 Å². The summed E-state index contributed by atoms with van der Waals surface area (Å²) in [6.45, 7) is 1.43. The van der Waals surface area contributed by atoms with Gasteiger partial charge in [-0.25, -0.2) is 0 Å². The molecule has 0 aromatic rings. The fourth-order valence-corrected chi connectivity index (χ4v) is 2.53. The van der Waals surface area contributed by atoms with Crippen LogP contribution in [0, 0.1) is 0 Å². The summed E-state index contributed by atoms with van der Waals surface area (Å²) in [6.07, 6.45) is 1.95. The van der Waals surface area contributed by atoms with E-state index in [0.29, 0.717) is 13.1 Å². The van der Waals surface area contributed by atoms with Crippen molar-refractivity contribution < 1.29 is 9.59 Å². The predicted octanol–water partition coefficient (Wildman–Crippen LogP) is 2.37. The lowest BCUT2D eigenvalue weighted by molar-refractivity contribution is -0.116. The summed E-state index contributed by atoms with van der Waals surface area (Å²) in [5.41, 5.74) is 0.193. The molecule has 0 atom stereocenters. The van der Waals surface area contributed by atoms with Crippen molar-refractivity contribution in [3.05, 3.63) is 20.8 Å². The number of nitrogens with zero attached hydrogens (tertiary/aromatic N) is 1. The van der Waals surface area contributed by atoms with Crippen LogP contribution in [0.4, 0.5) is 0 Å². The van der Waals surface area contributed by atoms with Gasteiger partial charge >= 0.3 is 0 Å². The summed E-state index contributed by atoms with van der Waals surface area (Å²) in [4.78, 5) is 25.3. The Hall–Kier alpha value is -0.510. The molecular weight excluding hydrogens is 272 g/mol. The first-order chi connectivity index (χ1) is 7.54. The van der Waals surface area contributed by atoms with E-state index < -0.39 is 11.6 Å². The summed E-state index contributed by atoms with van der Waals surface area (Å²) in [5.74, 6) is -1.03. The quantitative estimate of drug-likeness (QED) is 0.692. The van der Waals surface area contributed by atoms with Crippen LogP contribution in [0.15, 0.2) is 20.8 Å². The molecule has 1 fully saturated rings. The minimum atomic E-state index is -0.574. The molecule has 0 saturated carbocycles. The third-order valence-corrected chi connectivity index (χ3v) is 3.80. The number of carbonyl (C=O) groups excluding carboxylic acids is 2. The number of allylic oxidation sites excluding steroid dienone is 3. The van der Waals surface area contributed by atoms with Crippen LogP contribution >= 0.6 is 34.8 Å². The molecule has 0 spiro atoms. The molecule has 86 valence electrons. The second-order valence-corrected chi connectivity index (χ2v) is 4.78. The van der Waals surface area contributed by atoms with E-state index in [1.165, 1.54) is 0 Å². The first kappa shape index (κ1) is 12.0. The molecule has 0 amide bonds. The number of ketones is 2. The second-order valence-electron chi connectivity index (χ2n) is 3.64. The van der Waals surface area contributed by atoms with E-state index in [1.54, 1.807) is 4.90 Å². The Balaban J connectivity index is 2.44. The maximum absolute atomic E-state index is 11.9. The lowest BCUT2D eigenvalue weighted by Gasteiger charge is -2.24. The monoisotopic (exact) mass is 279 g/mol. The SMILES string of the molecule is O=C1C(Cl)=C(Cl)C(=O)C(N2CCCC2)=C1Cl. The topological polar surface area (TPSA) is 37.4 Å². The van der Waals surface area contributed by atoms with E-state index in [1.807, 2.05) is 0 Å². The van der Waals surface area contributed by atoms with Crippen LogP contribution in [0.5, 0.6) is 0 Å². The third kappa shape index (κ3) is 1.77. The lowest BCUT2D eigenvalue weighted by Crippen LogP contribution is -2.30. The standard InChI is InChI=1S/C10H8Cl3NO2/c11-5-6(12)10(16)8(7(13)9(5)15)14-3-1-2-4-14/h1-4H2. The molecule has 0 aromatic heterocycles. The van der Waals surface area contributed by atoms with Crippen molar-refractivity contribution in [2.75, 3.05) is 13.1 Å². The zero-order valence-electron chi connectivity index (χ0n) is 8.23. The number of Topliss-reactive ketones (excluding diaryl/α,β-unsaturated/α-hetero) is 2.